The molecule has 29 heavy (non-hydrogen) atoms. The third-order valence-corrected chi connectivity index (χ3v) is 9.26. The van der Waals surface area contributed by atoms with E-state index in [0.717, 1.165) is 15.9 Å². The Kier molecular flexibility index (Phi) is 7.95. The molecule has 0 bridgehead atoms. The second kappa shape index (κ2) is 10.2. The summed E-state index contributed by atoms with van der Waals surface area (Å²) >= 11 is 0. The van der Waals surface area contributed by atoms with E-state index in [2.05, 4.69) is 0 Å². The maximum Gasteiger partial charge on any atom is 0.359 e. The van der Waals surface area contributed by atoms with Gasteiger partial charge in [0.2, 0.25) is 0 Å². The van der Waals surface area contributed by atoms with E-state index >= 15 is 0 Å². The monoisotopic (exact) mass is 428 g/mol. The summed E-state index contributed by atoms with van der Waals surface area (Å²) in [4.78, 5) is 26.0. The number of ether oxygens (including phenoxy) is 2. The first kappa shape index (κ1) is 22.6. The molecule has 150 valence electrons. The van der Waals surface area contributed by atoms with E-state index in [-0.39, 0.29) is 12.4 Å². The smallest absolute Gasteiger partial charge is 0.359 e. The number of carbonyl (C=O) groups is 2. The Balaban J connectivity index is 0.00000300. The lowest BCUT2D eigenvalue weighted by molar-refractivity contribution is -0.150. The normalized spacial score (nSPS) is 10.7. The molecule has 3 rings (SSSR count). The molecule has 0 radical (unpaired) electrons. The number of carbonyl (C=O) groups excluding carboxylic acids is 2. The van der Waals surface area contributed by atoms with Crippen molar-refractivity contribution in [2.45, 2.75) is 5.66 Å². The molecule has 0 saturated carbocycles. The Labute approximate surface area is 177 Å². The van der Waals surface area contributed by atoms with Crippen molar-refractivity contribution in [3.8, 4) is 0 Å². The third kappa shape index (κ3) is 4.19. The lowest BCUT2D eigenvalue weighted by Crippen LogP contribution is -3.00. The van der Waals surface area contributed by atoms with Crippen molar-refractivity contribution >= 4 is 35.1 Å². The summed E-state index contributed by atoms with van der Waals surface area (Å²) in [6, 6.07) is 29.0. The largest absolute Gasteiger partial charge is 1.00 e. The van der Waals surface area contributed by atoms with E-state index in [1.165, 1.54) is 14.2 Å². The Hall–Kier alpha value is -2.68. The van der Waals surface area contributed by atoms with Crippen LogP contribution >= 0.6 is 7.26 Å². The zero-order valence-corrected chi connectivity index (χ0v) is 17.8. The number of hydrogen-bond acceptors (Lipinski definition) is 4. The van der Waals surface area contributed by atoms with Crippen LogP contribution in [0.1, 0.15) is 0 Å². The Morgan fingerprint density at radius 3 is 1.14 bits per heavy atom. The van der Waals surface area contributed by atoms with Crippen molar-refractivity contribution in [3.05, 3.63) is 91.0 Å². The van der Waals surface area contributed by atoms with Crippen molar-refractivity contribution < 1.29 is 31.5 Å². The summed E-state index contributed by atoms with van der Waals surface area (Å²) in [5.41, 5.74) is -1.10. The molecule has 0 N–H and O–H groups in total. The fourth-order valence-corrected chi connectivity index (χ4v) is 8.08. The van der Waals surface area contributed by atoms with Gasteiger partial charge in [-0.05, 0) is 36.4 Å². The van der Waals surface area contributed by atoms with Crippen LogP contribution < -0.4 is 28.3 Å². The van der Waals surface area contributed by atoms with E-state index in [9.17, 15) is 9.59 Å². The minimum Gasteiger partial charge on any atom is -1.00 e. The van der Waals surface area contributed by atoms with Gasteiger partial charge in [-0.3, -0.25) is 0 Å². The van der Waals surface area contributed by atoms with Crippen LogP contribution in [0.3, 0.4) is 0 Å². The van der Waals surface area contributed by atoms with Gasteiger partial charge in [0.25, 0.3) is 5.66 Å². The first-order valence-corrected chi connectivity index (χ1v) is 10.7. The van der Waals surface area contributed by atoms with Crippen LogP contribution in [0.15, 0.2) is 91.0 Å². The maximum atomic E-state index is 13.0. The van der Waals surface area contributed by atoms with E-state index in [1.807, 2.05) is 91.0 Å². The molecular formula is C23H22ClO4P. The second-order valence-corrected chi connectivity index (χ2v) is 9.69. The molecule has 0 atom stereocenters. The molecule has 3 aromatic carbocycles. The first-order chi connectivity index (χ1) is 13.7. The van der Waals surface area contributed by atoms with Crippen molar-refractivity contribution in [3.63, 3.8) is 0 Å². The molecule has 0 amide bonds. The summed E-state index contributed by atoms with van der Waals surface area (Å²) in [7, 11) is -0.159. The predicted octanol–water partition coefficient (Wildman–Crippen LogP) is -0.301. The number of methoxy groups -OCH3 is 2. The van der Waals surface area contributed by atoms with Crippen LogP contribution in [0.4, 0.5) is 0 Å². The molecule has 0 aromatic heterocycles. The van der Waals surface area contributed by atoms with Gasteiger partial charge in [-0.25, -0.2) is 9.59 Å². The molecule has 6 heteroatoms. The lowest BCUT2D eigenvalue weighted by Gasteiger charge is -2.31. The first-order valence-electron chi connectivity index (χ1n) is 8.87. The zero-order chi connectivity index (χ0) is 20.0. The molecular weight excluding hydrogens is 407 g/mol. The van der Waals surface area contributed by atoms with E-state index < -0.39 is 24.9 Å². The van der Waals surface area contributed by atoms with Crippen LogP contribution in [0.2, 0.25) is 0 Å². The average Bonchev–Trinajstić information content (AvgIpc) is 2.78. The van der Waals surface area contributed by atoms with Crippen LogP contribution in [0.5, 0.6) is 0 Å². The summed E-state index contributed by atoms with van der Waals surface area (Å²) in [6.45, 7) is 0. The van der Waals surface area contributed by atoms with Gasteiger partial charge in [0.15, 0.2) is 0 Å². The van der Waals surface area contributed by atoms with Crippen molar-refractivity contribution in [2.75, 3.05) is 14.2 Å². The van der Waals surface area contributed by atoms with Gasteiger partial charge in [-0.15, -0.1) is 0 Å². The van der Waals surface area contributed by atoms with Gasteiger partial charge in [0, 0.05) is 0 Å². The summed E-state index contributed by atoms with van der Waals surface area (Å²) in [5.74, 6) is -1.20. The fourth-order valence-electron chi connectivity index (χ4n) is 3.52. The second-order valence-electron chi connectivity index (χ2n) is 6.18. The highest BCUT2D eigenvalue weighted by Crippen LogP contribution is 2.60. The average molecular weight is 429 g/mol. The number of hydrogen-bond donors (Lipinski definition) is 0. The summed E-state index contributed by atoms with van der Waals surface area (Å²) < 4.78 is 10.2. The summed E-state index contributed by atoms with van der Waals surface area (Å²) in [5, 5.41) is 2.73. The molecule has 0 aliphatic rings. The third-order valence-electron chi connectivity index (χ3n) is 4.73. The van der Waals surface area contributed by atoms with Crippen LogP contribution in [0, 0.1) is 0 Å². The van der Waals surface area contributed by atoms with Crippen molar-refractivity contribution in [1.82, 2.24) is 0 Å². The van der Waals surface area contributed by atoms with Gasteiger partial charge in [-0.2, -0.15) is 0 Å². The number of rotatable bonds is 6. The molecule has 3 aromatic rings. The van der Waals surface area contributed by atoms with Crippen molar-refractivity contribution in [1.29, 1.82) is 0 Å². The molecule has 0 aliphatic heterocycles. The lowest BCUT2D eigenvalue weighted by atomic mass is 10.3. The fraction of sp³-hybridized carbons (Fsp3) is 0.130. The van der Waals surface area contributed by atoms with E-state index in [1.54, 1.807) is 0 Å². The minimum absolute atomic E-state index is 0. The Morgan fingerprint density at radius 1 is 0.621 bits per heavy atom. The Morgan fingerprint density at radius 2 is 0.897 bits per heavy atom. The van der Waals surface area contributed by atoms with Crippen LogP contribution in [-0.2, 0) is 19.1 Å². The van der Waals surface area contributed by atoms with Gasteiger partial charge >= 0.3 is 11.9 Å². The highest BCUT2D eigenvalue weighted by Gasteiger charge is 2.60. The molecule has 0 heterocycles. The van der Waals surface area contributed by atoms with Gasteiger partial charge in [0.05, 0.1) is 14.2 Å². The molecule has 0 spiro atoms. The zero-order valence-electron chi connectivity index (χ0n) is 16.2. The summed E-state index contributed by atoms with van der Waals surface area (Å²) in [6.07, 6.45) is 0. The molecule has 0 fully saturated rings. The van der Waals surface area contributed by atoms with Crippen molar-refractivity contribution in [2.24, 2.45) is 0 Å². The minimum atomic E-state index is -2.76. The maximum absolute atomic E-state index is 13.0. The predicted molar refractivity (Wildman–Crippen MR) is 113 cm³/mol. The van der Waals surface area contributed by atoms with E-state index in [4.69, 9.17) is 9.47 Å². The van der Waals surface area contributed by atoms with E-state index in [0.29, 0.717) is 0 Å². The molecule has 0 saturated heterocycles. The van der Waals surface area contributed by atoms with Gasteiger partial charge in [-0.1, -0.05) is 54.6 Å². The topological polar surface area (TPSA) is 52.6 Å². The molecule has 0 unspecified atom stereocenters. The van der Waals surface area contributed by atoms with Crippen LogP contribution in [0.25, 0.3) is 0 Å². The molecule has 4 nitrogen and oxygen atoms in total. The SMILES string of the molecule is COC(=O)C(C(=O)OC)[P+](c1ccccc1)(c1ccccc1)c1ccccc1.[Cl-]. The standard InChI is InChI=1S/C23H22O4P.ClH/c1-26-22(24)21(23(25)27-2)28(18-12-6-3-7-13-18,19-14-8-4-9-15-19)20-16-10-5-11-17-20;/h3-17,21H,1-2H3;1H/q+1;/p-1. The number of benzene rings is 3. The number of esters is 2. The highest BCUT2D eigenvalue weighted by atomic mass is 35.5. The Bertz CT molecular complexity index is 820. The molecule has 0 aliphatic carbocycles. The van der Waals surface area contributed by atoms with Gasteiger partial charge < -0.3 is 21.9 Å². The van der Waals surface area contributed by atoms with Crippen LogP contribution in [-0.4, -0.2) is 31.8 Å². The number of halogens is 1. The van der Waals surface area contributed by atoms with Gasteiger partial charge in [0.1, 0.15) is 23.2 Å². The quantitative estimate of drug-likeness (QED) is 0.307. The highest BCUT2D eigenvalue weighted by molar-refractivity contribution is 7.97.